The monoisotopic (exact) mass is 306 g/mol. The third kappa shape index (κ3) is 7.05. The van der Waals surface area contributed by atoms with Crippen molar-refractivity contribution in [2.75, 3.05) is 19.6 Å². The third-order valence-corrected chi connectivity index (χ3v) is 3.58. The number of hydrogen-bond donors (Lipinski definition) is 2. The summed E-state index contributed by atoms with van der Waals surface area (Å²) in [5.74, 6) is 0.674. The molecule has 1 saturated heterocycles. The van der Waals surface area contributed by atoms with Crippen LogP contribution in [0.3, 0.4) is 0 Å². The zero-order valence-electron chi connectivity index (χ0n) is 14.3. The number of nitrogens with one attached hydrogen (secondary N) is 2. The molecule has 1 aliphatic heterocycles. The van der Waals surface area contributed by atoms with E-state index in [0.717, 1.165) is 19.6 Å². The maximum atomic E-state index is 9.60. The van der Waals surface area contributed by atoms with Crippen molar-refractivity contribution in [1.29, 1.82) is 0 Å². The van der Waals surface area contributed by atoms with E-state index < -0.39 is 0 Å². The molecule has 0 aromatic heterocycles. The van der Waals surface area contributed by atoms with Gasteiger partial charge in [0.1, 0.15) is 5.60 Å². The number of ether oxygens (including phenoxy) is 1. The van der Waals surface area contributed by atoms with Crippen LogP contribution in [-0.2, 0) is 9.53 Å². The molecule has 1 heterocycles. The lowest BCUT2D eigenvalue weighted by Crippen LogP contribution is -2.47. The molecule has 2 atom stereocenters. The number of piperidine rings is 1. The van der Waals surface area contributed by atoms with Gasteiger partial charge < -0.3 is 15.4 Å². The fourth-order valence-electron chi connectivity index (χ4n) is 2.58. The first kappa shape index (κ1) is 18.7. The Bertz CT molecular complexity index is 413. The van der Waals surface area contributed by atoms with Crippen molar-refractivity contribution in [3.8, 4) is 0 Å². The summed E-state index contributed by atoms with van der Waals surface area (Å²) in [6.45, 7) is 11.4. The van der Waals surface area contributed by atoms with Gasteiger partial charge in [-0.1, -0.05) is 37.3 Å². The van der Waals surface area contributed by atoms with Crippen LogP contribution in [0.2, 0.25) is 0 Å². The van der Waals surface area contributed by atoms with Crippen LogP contribution in [0.15, 0.2) is 30.3 Å². The van der Waals surface area contributed by atoms with Gasteiger partial charge in [0.05, 0.1) is 0 Å². The second-order valence-corrected chi connectivity index (χ2v) is 6.50. The van der Waals surface area contributed by atoms with Crippen LogP contribution in [0.1, 0.15) is 45.6 Å². The van der Waals surface area contributed by atoms with E-state index >= 15 is 0 Å². The fourth-order valence-corrected chi connectivity index (χ4v) is 2.58. The Labute approximate surface area is 134 Å². The Kier molecular flexibility index (Phi) is 8.13. The minimum absolute atomic E-state index is 0.318. The second-order valence-electron chi connectivity index (χ2n) is 6.50. The van der Waals surface area contributed by atoms with Crippen LogP contribution in [0, 0.1) is 0 Å². The fraction of sp³-hybridized carbons (Fsp3) is 0.611. The quantitative estimate of drug-likeness (QED) is 0.840. The smallest absolute Gasteiger partial charge is 0.293 e. The van der Waals surface area contributed by atoms with Crippen LogP contribution < -0.4 is 10.6 Å². The van der Waals surface area contributed by atoms with Crippen LogP contribution in [0.4, 0.5) is 0 Å². The van der Waals surface area contributed by atoms with Gasteiger partial charge in [0.2, 0.25) is 0 Å². The summed E-state index contributed by atoms with van der Waals surface area (Å²) in [4.78, 5) is 9.60. The largest absolute Gasteiger partial charge is 0.462 e. The van der Waals surface area contributed by atoms with Gasteiger partial charge in [-0.15, -0.1) is 0 Å². The van der Waals surface area contributed by atoms with E-state index in [2.05, 4.69) is 52.6 Å². The Morgan fingerprint density at radius 2 is 2.00 bits per heavy atom. The van der Waals surface area contributed by atoms with Crippen molar-refractivity contribution in [3.63, 3.8) is 0 Å². The van der Waals surface area contributed by atoms with Gasteiger partial charge >= 0.3 is 0 Å². The molecule has 1 aromatic carbocycles. The highest BCUT2D eigenvalue weighted by Gasteiger charge is 2.24. The van der Waals surface area contributed by atoms with Gasteiger partial charge in [-0.2, -0.15) is 0 Å². The summed E-state index contributed by atoms with van der Waals surface area (Å²) < 4.78 is 4.55. The molecular formula is C18H30N2O2. The normalized spacial score (nSPS) is 21.5. The second kappa shape index (κ2) is 9.59. The lowest BCUT2D eigenvalue weighted by atomic mass is 9.86. The summed E-state index contributed by atoms with van der Waals surface area (Å²) in [6.07, 6.45) is 1.24. The van der Waals surface area contributed by atoms with Crippen LogP contribution in [0.25, 0.3) is 0 Å². The summed E-state index contributed by atoms with van der Waals surface area (Å²) in [5, 5.41) is 7.03. The Morgan fingerprint density at radius 1 is 1.32 bits per heavy atom. The Morgan fingerprint density at radius 3 is 2.50 bits per heavy atom. The van der Waals surface area contributed by atoms with Crippen molar-refractivity contribution >= 4 is 6.47 Å². The molecule has 2 rings (SSSR count). The van der Waals surface area contributed by atoms with Crippen molar-refractivity contribution in [3.05, 3.63) is 35.9 Å². The topological polar surface area (TPSA) is 50.4 Å². The average molecular weight is 306 g/mol. The van der Waals surface area contributed by atoms with Crippen molar-refractivity contribution < 1.29 is 9.53 Å². The van der Waals surface area contributed by atoms with Gasteiger partial charge in [0.25, 0.3) is 6.47 Å². The summed E-state index contributed by atoms with van der Waals surface area (Å²) >= 11 is 0. The molecule has 1 aliphatic rings. The number of benzene rings is 1. The predicted molar refractivity (Wildman–Crippen MR) is 91.0 cm³/mol. The molecule has 1 aromatic rings. The lowest BCUT2D eigenvalue weighted by molar-refractivity contribution is -0.138. The number of carbonyl (C=O) groups excluding carboxylic acids is 1. The average Bonchev–Trinajstić information content (AvgIpc) is 2.48. The molecule has 0 amide bonds. The molecule has 2 unspecified atom stereocenters. The van der Waals surface area contributed by atoms with Gasteiger partial charge in [-0.25, -0.2) is 0 Å². The number of likely N-dealkylation sites (N-methyl/N-ethyl adjacent to an activating group) is 1. The van der Waals surface area contributed by atoms with Crippen molar-refractivity contribution in [1.82, 2.24) is 10.6 Å². The Hall–Kier alpha value is -1.39. The molecule has 0 spiro atoms. The molecule has 0 saturated carbocycles. The third-order valence-electron chi connectivity index (χ3n) is 3.58. The maximum absolute atomic E-state index is 9.60. The first-order valence-electron chi connectivity index (χ1n) is 8.08. The summed E-state index contributed by atoms with van der Waals surface area (Å²) in [6, 6.07) is 11.5. The standard InChI is InChI=1S/C13H20N2.C5H10O2/c1-2-15-13-10-14-9-8-12(13)11-6-4-3-5-7-11;1-5(2,3)7-4-6/h3-7,12-15H,2,8-10H2,1H3;4H,1-3H3. The molecule has 0 radical (unpaired) electrons. The van der Waals surface area contributed by atoms with E-state index in [0.29, 0.717) is 18.4 Å². The molecule has 0 aliphatic carbocycles. The van der Waals surface area contributed by atoms with Crippen molar-refractivity contribution in [2.24, 2.45) is 0 Å². The van der Waals surface area contributed by atoms with Crippen LogP contribution in [0.5, 0.6) is 0 Å². The summed E-state index contributed by atoms with van der Waals surface area (Å²) in [5.41, 5.74) is 1.16. The van der Waals surface area contributed by atoms with E-state index in [1.165, 1.54) is 12.0 Å². The first-order chi connectivity index (χ1) is 10.5. The maximum Gasteiger partial charge on any atom is 0.293 e. The van der Waals surface area contributed by atoms with Gasteiger partial charge in [-0.3, -0.25) is 4.79 Å². The van der Waals surface area contributed by atoms with Gasteiger partial charge in [0.15, 0.2) is 0 Å². The molecule has 1 fully saturated rings. The highest BCUT2D eigenvalue weighted by Crippen LogP contribution is 2.25. The number of hydrogen-bond acceptors (Lipinski definition) is 4. The zero-order chi connectivity index (χ0) is 16.4. The van der Waals surface area contributed by atoms with Gasteiger partial charge in [-0.05, 0) is 45.8 Å². The predicted octanol–water partition coefficient (Wildman–Crippen LogP) is 2.70. The van der Waals surface area contributed by atoms with E-state index in [1.807, 2.05) is 20.8 Å². The minimum Gasteiger partial charge on any atom is -0.462 e. The van der Waals surface area contributed by atoms with E-state index in [4.69, 9.17) is 0 Å². The highest BCUT2D eigenvalue weighted by molar-refractivity contribution is 5.37. The number of carbonyl (C=O) groups is 1. The molecule has 4 nitrogen and oxygen atoms in total. The SMILES string of the molecule is CC(C)(C)OC=O.CCNC1CNCCC1c1ccccc1. The molecular weight excluding hydrogens is 276 g/mol. The molecule has 4 heteroatoms. The van der Waals surface area contributed by atoms with E-state index in [1.54, 1.807) is 0 Å². The zero-order valence-corrected chi connectivity index (χ0v) is 14.3. The van der Waals surface area contributed by atoms with Crippen LogP contribution in [-0.4, -0.2) is 37.7 Å². The molecule has 2 N–H and O–H groups in total. The Balaban J connectivity index is 0.000000295. The van der Waals surface area contributed by atoms with Gasteiger partial charge in [0, 0.05) is 18.5 Å². The minimum atomic E-state index is -0.318. The van der Waals surface area contributed by atoms with E-state index in [-0.39, 0.29) is 5.60 Å². The lowest BCUT2D eigenvalue weighted by Gasteiger charge is -2.33. The molecule has 124 valence electrons. The summed E-state index contributed by atoms with van der Waals surface area (Å²) in [7, 11) is 0. The van der Waals surface area contributed by atoms with Crippen molar-refractivity contribution in [2.45, 2.75) is 51.7 Å². The highest BCUT2D eigenvalue weighted by atomic mass is 16.5. The van der Waals surface area contributed by atoms with Crippen LogP contribution >= 0.6 is 0 Å². The van der Waals surface area contributed by atoms with E-state index in [9.17, 15) is 4.79 Å². The molecule has 0 bridgehead atoms. The first-order valence-corrected chi connectivity index (χ1v) is 8.08. The number of rotatable bonds is 4. The molecule has 22 heavy (non-hydrogen) atoms.